The molecule has 0 saturated carbocycles. The number of allylic oxidation sites excluding steroid dienone is 2. The highest BCUT2D eigenvalue weighted by molar-refractivity contribution is 7.86. The molecule has 3 heterocycles. The van der Waals surface area contributed by atoms with Crippen molar-refractivity contribution in [3.8, 4) is 5.75 Å². The third-order valence-corrected chi connectivity index (χ3v) is 6.85. The molecule has 1 aliphatic heterocycles. The van der Waals surface area contributed by atoms with Gasteiger partial charge in [0.15, 0.2) is 22.7 Å². The Morgan fingerprint density at radius 2 is 1.92 bits per heavy atom. The molecule has 0 bridgehead atoms. The molecule has 204 valence electrons. The van der Waals surface area contributed by atoms with Crippen molar-refractivity contribution in [2.75, 3.05) is 24.2 Å². The average Bonchev–Trinajstić information content (AvgIpc) is 3.23. The van der Waals surface area contributed by atoms with E-state index < -0.39 is 33.7 Å². The SMILES string of the molecule is CC(C)=CCn1c(N2CCCC(N)C2)nc2c1c(=O)n(CC(=O)c1ccccc1OS(C)(=O)=O)c(=O)n2C. The van der Waals surface area contributed by atoms with Crippen molar-refractivity contribution in [1.82, 2.24) is 18.7 Å². The van der Waals surface area contributed by atoms with Gasteiger partial charge in [0.25, 0.3) is 5.56 Å². The van der Waals surface area contributed by atoms with E-state index in [0.29, 0.717) is 25.6 Å². The normalized spacial score (nSPS) is 16.0. The summed E-state index contributed by atoms with van der Waals surface area (Å²) in [5.41, 5.74) is 6.19. The van der Waals surface area contributed by atoms with E-state index in [0.717, 1.165) is 29.2 Å². The molecule has 38 heavy (non-hydrogen) atoms. The van der Waals surface area contributed by atoms with Crippen LogP contribution in [0.15, 0.2) is 45.5 Å². The second-order valence-electron chi connectivity index (χ2n) is 9.76. The molecule has 2 N–H and O–H groups in total. The van der Waals surface area contributed by atoms with Crippen LogP contribution in [0.2, 0.25) is 0 Å². The van der Waals surface area contributed by atoms with Gasteiger partial charge in [-0.05, 0) is 38.8 Å². The summed E-state index contributed by atoms with van der Waals surface area (Å²) < 4.78 is 32.1. The third-order valence-electron chi connectivity index (χ3n) is 6.37. The number of aryl methyl sites for hydroxylation is 1. The Kier molecular flexibility index (Phi) is 7.61. The van der Waals surface area contributed by atoms with E-state index in [-0.39, 0.29) is 28.5 Å². The lowest BCUT2D eigenvalue weighted by Gasteiger charge is -2.31. The number of hydrogen-bond donors (Lipinski definition) is 1. The molecule has 1 unspecified atom stereocenters. The number of anilines is 1. The fourth-order valence-corrected chi connectivity index (χ4v) is 5.01. The molecule has 1 aromatic carbocycles. The second kappa shape index (κ2) is 10.6. The Hall–Kier alpha value is -3.71. The van der Waals surface area contributed by atoms with Crippen molar-refractivity contribution in [1.29, 1.82) is 0 Å². The highest BCUT2D eigenvalue weighted by Crippen LogP contribution is 2.24. The molecule has 13 heteroatoms. The molecular formula is C25H32N6O6S. The van der Waals surface area contributed by atoms with Crippen LogP contribution in [0.1, 0.15) is 37.0 Å². The maximum atomic E-state index is 13.8. The number of Topliss-reactive ketones (excluding diaryl/α,β-unsaturated/α-hetero) is 1. The van der Waals surface area contributed by atoms with Gasteiger partial charge in [-0.25, -0.2) is 4.79 Å². The number of nitrogens with zero attached hydrogens (tertiary/aromatic N) is 5. The number of aromatic nitrogens is 4. The van der Waals surface area contributed by atoms with Crippen LogP contribution in [0.5, 0.6) is 5.75 Å². The fourth-order valence-electron chi connectivity index (χ4n) is 4.54. The minimum atomic E-state index is -3.91. The van der Waals surface area contributed by atoms with E-state index in [1.165, 1.54) is 35.9 Å². The summed E-state index contributed by atoms with van der Waals surface area (Å²) >= 11 is 0. The van der Waals surface area contributed by atoms with Gasteiger partial charge in [-0.1, -0.05) is 23.8 Å². The topological polar surface area (TPSA) is 152 Å². The van der Waals surface area contributed by atoms with Crippen LogP contribution in [0.3, 0.4) is 0 Å². The van der Waals surface area contributed by atoms with Gasteiger partial charge in [-0.3, -0.25) is 18.7 Å². The first-order chi connectivity index (χ1) is 17.9. The summed E-state index contributed by atoms with van der Waals surface area (Å²) in [6.07, 6.45) is 4.58. The smallest absolute Gasteiger partial charge is 0.332 e. The number of carbonyl (C=O) groups is 1. The number of nitrogens with two attached hydrogens (primary N) is 1. The van der Waals surface area contributed by atoms with Gasteiger partial charge in [-0.2, -0.15) is 13.4 Å². The van der Waals surface area contributed by atoms with Crippen LogP contribution in [0.4, 0.5) is 5.95 Å². The molecule has 1 aliphatic rings. The average molecular weight is 545 g/mol. The molecule has 0 spiro atoms. The highest BCUT2D eigenvalue weighted by atomic mass is 32.2. The number of para-hydroxylation sites is 1. The number of rotatable bonds is 8. The first-order valence-corrected chi connectivity index (χ1v) is 14.0. The van der Waals surface area contributed by atoms with Crippen molar-refractivity contribution in [2.24, 2.45) is 12.8 Å². The van der Waals surface area contributed by atoms with E-state index in [1.54, 1.807) is 4.57 Å². The predicted octanol–water partition coefficient (Wildman–Crippen LogP) is 1.01. The van der Waals surface area contributed by atoms with Crippen molar-refractivity contribution in [3.63, 3.8) is 0 Å². The number of carbonyl (C=O) groups excluding carboxylic acids is 1. The summed E-state index contributed by atoms with van der Waals surface area (Å²) in [4.78, 5) is 46.9. The molecule has 2 aromatic heterocycles. The van der Waals surface area contributed by atoms with Crippen molar-refractivity contribution in [3.05, 3.63) is 62.3 Å². The Morgan fingerprint density at radius 3 is 2.58 bits per heavy atom. The lowest BCUT2D eigenvalue weighted by molar-refractivity contribution is 0.0967. The van der Waals surface area contributed by atoms with Crippen LogP contribution in [-0.4, -0.2) is 58.3 Å². The van der Waals surface area contributed by atoms with Crippen LogP contribution in [0.25, 0.3) is 11.2 Å². The first kappa shape index (κ1) is 27.3. The molecule has 1 saturated heterocycles. The number of ketones is 1. The molecular weight excluding hydrogens is 512 g/mol. The van der Waals surface area contributed by atoms with Crippen LogP contribution >= 0.6 is 0 Å². The zero-order valence-electron chi connectivity index (χ0n) is 21.9. The molecule has 1 fully saturated rings. The lowest BCUT2D eigenvalue weighted by Crippen LogP contribution is -2.44. The van der Waals surface area contributed by atoms with Gasteiger partial charge < -0.3 is 19.4 Å². The van der Waals surface area contributed by atoms with Gasteiger partial charge in [-0.15, -0.1) is 0 Å². The number of hydrogen-bond acceptors (Lipinski definition) is 9. The Morgan fingerprint density at radius 1 is 1.21 bits per heavy atom. The predicted molar refractivity (Wildman–Crippen MR) is 144 cm³/mol. The summed E-state index contributed by atoms with van der Waals surface area (Å²) in [5.74, 6) is -0.292. The van der Waals surface area contributed by atoms with Gasteiger partial charge in [0, 0.05) is 32.7 Å². The second-order valence-corrected chi connectivity index (χ2v) is 11.3. The van der Waals surface area contributed by atoms with E-state index in [4.69, 9.17) is 9.92 Å². The van der Waals surface area contributed by atoms with Crippen molar-refractivity contribution in [2.45, 2.75) is 45.8 Å². The summed E-state index contributed by atoms with van der Waals surface area (Å²) in [6, 6.07) is 5.74. The van der Waals surface area contributed by atoms with Crippen LogP contribution in [0, 0.1) is 0 Å². The maximum Gasteiger partial charge on any atom is 0.332 e. The number of piperidine rings is 1. The minimum absolute atomic E-state index is 0.0345. The molecule has 1 atom stereocenters. The van der Waals surface area contributed by atoms with Gasteiger partial charge in [0.1, 0.15) is 0 Å². The third kappa shape index (κ3) is 5.58. The van der Waals surface area contributed by atoms with Crippen LogP contribution < -0.4 is 26.1 Å². The number of benzene rings is 1. The number of imidazole rings is 1. The Labute approximate surface area is 220 Å². The summed E-state index contributed by atoms with van der Waals surface area (Å²) in [5, 5.41) is 0. The molecule has 0 radical (unpaired) electrons. The monoisotopic (exact) mass is 544 g/mol. The molecule has 0 amide bonds. The summed E-state index contributed by atoms with van der Waals surface area (Å²) in [6.45, 7) is 4.89. The van der Waals surface area contributed by atoms with Crippen molar-refractivity contribution < 1.29 is 17.4 Å². The van der Waals surface area contributed by atoms with Gasteiger partial charge >= 0.3 is 15.8 Å². The largest absolute Gasteiger partial charge is 0.382 e. The van der Waals surface area contributed by atoms with Crippen LogP contribution in [-0.2, 0) is 30.3 Å². The van der Waals surface area contributed by atoms with E-state index in [1.807, 2.05) is 24.8 Å². The van der Waals surface area contributed by atoms with Gasteiger partial charge in [0.05, 0.1) is 18.4 Å². The Balaban J connectivity index is 1.86. The summed E-state index contributed by atoms with van der Waals surface area (Å²) in [7, 11) is -2.41. The molecule has 0 aliphatic carbocycles. The first-order valence-electron chi connectivity index (χ1n) is 12.2. The highest BCUT2D eigenvalue weighted by Gasteiger charge is 2.27. The minimum Gasteiger partial charge on any atom is -0.382 e. The maximum absolute atomic E-state index is 13.8. The molecule has 12 nitrogen and oxygen atoms in total. The van der Waals surface area contributed by atoms with E-state index in [9.17, 15) is 22.8 Å². The van der Waals surface area contributed by atoms with Gasteiger partial charge in [0.2, 0.25) is 5.95 Å². The molecule has 3 aromatic rings. The Bertz CT molecular complexity index is 1640. The molecule has 4 rings (SSSR count). The van der Waals surface area contributed by atoms with Crippen molar-refractivity contribution >= 4 is 33.0 Å². The lowest BCUT2D eigenvalue weighted by atomic mass is 10.1. The van der Waals surface area contributed by atoms with E-state index >= 15 is 0 Å². The fraction of sp³-hybridized carbons (Fsp3) is 0.440. The number of fused-ring (bicyclic) bond motifs is 1. The quantitative estimate of drug-likeness (QED) is 0.249. The zero-order valence-corrected chi connectivity index (χ0v) is 22.7. The van der Waals surface area contributed by atoms with E-state index in [2.05, 4.69) is 4.98 Å². The standard InChI is InChI=1S/C25H32N6O6S/c1-16(2)11-13-30-21-22(27-24(30)29-12-7-8-17(26)14-29)28(3)25(34)31(23(21)33)15-19(32)18-9-5-6-10-20(18)37-38(4,35)36/h5-6,9-11,17H,7-8,12-15,26H2,1-4H3. The zero-order chi connectivity index (χ0) is 27.8.